The number of pyridine rings is 1. The first kappa shape index (κ1) is 33.4. The van der Waals surface area contributed by atoms with Crippen LogP contribution < -0.4 is 0 Å². The topological polar surface area (TPSA) is 38.7 Å². The van der Waals surface area contributed by atoms with Crippen LogP contribution in [-0.4, -0.2) is 15.0 Å². The molecule has 0 atom stereocenters. The maximum atomic E-state index is 4.55. The van der Waals surface area contributed by atoms with Gasteiger partial charge in [0.15, 0.2) is 0 Å². The quantitative estimate of drug-likeness (QED) is 0.462. The molecular weight excluding hydrogens is 402 g/mol. The van der Waals surface area contributed by atoms with Gasteiger partial charge in [-0.15, -0.1) is 0 Å². The Kier molecular flexibility index (Phi) is 12.8. The molecule has 0 N–H and O–H groups in total. The largest absolute Gasteiger partial charge is 0.261 e. The van der Waals surface area contributed by atoms with Crippen LogP contribution in [0.15, 0.2) is 30.7 Å². The molecule has 2 heterocycles. The summed E-state index contributed by atoms with van der Waals surface area (Å²) in [7, 11) is 0. The van der Waals surface area contributed by atoms with E-state index in [0.29, 0.717) is 16.2 Å². The monoisotopic (exact) mass is 457 g/mol. The van der Waals surface area contributed by atoms with E-state index in [1.807, 2.05) is 18.6 Å². The molecule has 0 bridgehead atoms. The van der Waals surface area contributed by atoms with E-state index in [1.165, 1.54) is 16.8 Å². The Balaban J connectivity index is 0. The molecule has 0 amide bonds. The summed E-state index contributed by atoms with van der Waals surface area (Å²) in [5, 5.41) is 0. The maximum absolute atomic E-state index is 4.55. The van der Waals surface area contributed by atoms with Crippen molar-refractivity contribution in [3.05, 3.63) is 53.4 Å². The van der Waals surface area contributed by atoms with Crippen LogP contribution in [0.3, 0.4) is 0 Å². The van der Waals surface area contributed by atoms with Crippen molar-refractivity contribution in [2.24, 2.45) is 16.2 Å². The highest BCUT2D eigenvalue weighted by molar-refractivity contribution is 5.16. The van der Waals surface area contributed by atoms with Crippen LogP contribution in [0.2, 0.25) is 0 Å². The van der Waals surface area contributed by atoms with Gasteiger partial charge in [0.05, 0.1) is 0 Å². The second kappa shape index (κ2) is 12.6. The fourth-order valence-corrected chi connectivity index (χ4v) is 3.27. The molecule has 2 rings (SSSR count). The highest BCUT2D eigenvalue weighted by Gasteiger charge is 2.18. The Hall–Kier alpha value is -1.77. The molecule has 33 heavy (non-hydrogen) atoms. The zero-order valence-corrected chi connectivity index (χ0v) is 22.3. The summed E-state index contributed by atoms with van der Waals surface area (Å²) in [6.45, 7) is 26.6. The lowest BCUT2D eigenvalue weighted by Crippen LogP contribution is -2.17. The van der Waals surface area contributed by atoms with Crippen molar-refractivity contribution in [2.45, 2.75) is 123 Å². The minimum Gasteiger partial charge on any atom is -0.261 e. The van der Waals surface area contributed by atoms with Gasteiger partial charge < -0.3 is 0 Å². The summed E-state index contributed by atoms with van der Waals surface area (Å²) < 4.78 is 0. The van der Waals surface area contributed by atoms with Gasteiger partial charge >= 0.3 is 0 Å². The molecule has 0 aliphatic heterocycles. The van der Waals surface area contributed by atoms with E-state index < -0.39 is 0 Å². The Bertz CT molecular complexity index is 740. The highest BCUT2D eigenvalue weighted by atomic mass is 14.9. The average Bonchev–Trinajstić information content (AvgIpc) is 2.53. The van der Waals surface area contributed by atoms with Crippen molar-refractivity contribution in [3.8, 4) is 0 Å². The summed E-state index contributed by atoms with van der Waals surface area (Å²) >= 11 is 0. The standard InChI is InChI=1S/C15H25N.C13H22N2.2CH4/c1-14(2,3)9-12-7-8-13(16-11-12)10-15(4,5)6;1-12(2,3)7-10-8-14-11(15-9-10)13(4,5)6;;/h7-8,11H,9-10H2,1-6H3;8-9H,7H2,1-6H3;2*1H4. The molecule has 0 aliphatic carbocycles. The third kappa shape index (κ3) is 15.7. The first-order valence-electron chi connectivity index (χ1n) is 11.6. The molecule has 0 fully saturated rings. The van der Waals surface area contributed by atoms with Gasteiger partial charge in [-0.1, -0.05) is 104 Å². The second-order valence-electron chi connectivity index (χ2n) is 13.5. The number of nitrogens with zero attached hydrogens (tertiary/aromatic N) is 3. The normalized spacial score (nSPS) is 12.1. The Morgan fingerprint density at radius 2 is 0.909 bits per heavy atom. The fourth-order valence-electron chi connectivity index (χ4n) is 3.27. The molecule has 0 aromatic carbocycles. The zero-order chi connectivity index (χ0) is 24.1. The van der Waals surface area contributed by atoms with Crippen LogP contribution in [0.5, 0.6) is 0 Å². The summed E-state index contributed by atoms with van der Waals surface area (Å²) in [6, 6.07) is 4.39. The Morgan fingerprint density at radius 1 is 0.515 bits per heavy atom. The van der Waals surface area contributed by atoms with E-state index in [9.17, 15) is 0 Å². The molecule has 0 unspecified atom stereocenters. The molecule has 3 nitrogen and oxygen atoms in total. The first-order valence-corrected chi connectivity index (χ1v) is 11.6. The SMILES string of the molecule is C.C.CC(C)(C)Cc1ccc(CC(C)(C)C)nc1.CC(C)(C)Cc1cnc(C(C)(C)C)nc1. The number of aromatic nitrogens is 3. The average molecular weight is 458 g/mol. The van der Waals surface area contributed by atoms with Crippen molar-refractivity contribution in [1.29, 1.82) is 0 Å². The smallest absolute Gasteiger partial charge is 0.133 e. The number of rotatable bonds is 3. The van der Waals surface area contributed by atoms with Crippen molar-refractivity contribution < 1.29 is 0 Å². The van der Waals surface area contributed by atoms with Crippen LogP contribution in [0.1, 0.15) is 121 Å². The van der Waals surface area contributed by atoms with Gasteiger partial charge in [0, 0.05) is 29.7 Å². The molecule has 0 spiro atoms. The second-order valence-corrected chi connectivity index (χ2v) is 13.5. The van der Waals surface area contributed by atoms with Gasteiger partial charge in [-0.25, -0.2) is 9.97 Å². The molecule has 0 saturated heterocycles. The van der Waals surface area contributed by atoms with Gasteiger partial charge in [-0.05, 0) is 52.7 Å². The predicted molar refractivity (Wildman–Crippen MR) is 148 cm³/mol. The van der Waals surface area contributed by atoms with Crippen LogP contribution in [-0.2, 0) is 24.7 Å². The molecule has 190 valence electrons. The summed E-state index contributed by atoms with van der Waals surface area (Å²) in [6.07, 6.45) is 9.11. The minimum absolute atomic E-state index is 0. The van der Waals surface area contributed by atoms with E-state index in [4.69, 9.17) is 0 Å². The van der Waals surface area contributed by atoms with E-state index in [-0.39, 0.29) is 20.3 Å². The van der Waals surface area contributed by atoms with E-state index in [1.54, 1.807) is 0 Å². The number of hydrogen-bond donors (Lipinski definition) is 0. The van der Waals surface area contributed by atoms with Gasteiger partial charge in [-0.3, -0.25) is 4.98 Å². The molecule has 0 aliphatic rings. The van der Waals surface area contributed by atoms with E-state index >= 15 is 0 Å². The van der Waals surface area contributed by atoms with Crippen molar-refractivity contribution in [2.75, 3.05) is 0 Å². The summed E-state index contributed by atoms with van der Waals surface area (Å²) in [5.74, 6) is 0.917. The van der Waals surface area contributed by atoms with E-state index in [2.05, 4.69) is 110 Å². The van der Waals surface area contributed by atoms with Crippen molar-refractivity contribution >= 4 is 0 Å². The molecule has 2 aromatic heterocycles. The van der Waals surface area contributed by atoms with Gasteiger partial charge in [0.1, 0.15) is 5.82 Å². The van der Waals surface area contributed by atoms with Gasteiger partial charge in [0.25, 0.3) is 0 Å². The highest BCUT2D eigenvalue weighted by Crippen LogP contribution is 2.23. The molecule has 0 radical (unpaired) electrons. The zero-order valence-electron chi connectivity index (χ0n) is 22.3. The van der Waals surface area contributed by atoms with Crippen molar-refractivity contribution in [1.82, 2.24) is 15.0 Å². The molecule has 2 aromatic rings. The Labute approximate surface area is 207 Å². The minimum atomic E-state index is 0. The molecule has 0 saturated carbocycles. The lowest BCUT2D eigenvalue weighted by molar-refractivity contribution is 0.403. The van der Waals surface area contributed by atoms with Crippen LogP contribution >= 0.6 is 0 Å². The van der Waals surface area contributed by atoms with Gasteiger partial charge in [-0.2, -0.15) is 0 Å². The molecule has 3 heteroatoms. The van der Waals surface area contributed by atoms with Gasteiger partial charge in [0.2, 0.25) is 0 Å². The third-order valence-electron chi connectivity index (χ3n) is 4.44. The van der Waals surface area contributed by atoms with Crippen LogP contribution in [0.25, 0.3) is 0 Å². The fraction of sp³-hybridized carbons (Fsp3) is 0.700. The summed E-state index contributed by atoms with van der Waals surface area (Å²) in [4.78, 5) is 13.4. The third-order valence-corrected chi connectivity index (χ3v) is 4.44. The predicted octanol–water partition coefficient (Wildman–Crippen LogP) is 8.89. The Morgan fingerprint density at radius 3 is 1.24 bits per heavy atom. The van der Waals surface area contributed by atoms with Crippen LogP contribution in [0.4, 0.5) is 0 Å². The summed E-state index contributed by atoms with van der Waals surface area (Å²) in [5.41, 5.74) is 4.75. The van der Waals surface area contributed by atoms with Crippen LogP contribution in [0, 0.1) is 16.2 Å². The lowest BCUT2D eigenvalue weighted by atomic mass is 9.88. The van der Waals surface area contributed by atoms with E-state index in [0.717, 1.165) is 25.1 Å². The molecular formula is C30H55N3. The maximum Gasteiger partial charge on any atom is 0.133 e. The van der Waals surface area contributed by atoms with Crippen molar-refractivity contribution in [3.63, 3.8) is 0 Å². The number of hydrogen-bond acceptors (Lipinski definition) is 3. The lowest BCUT2D eigenvalue weighted by Gasteiger charge is -2.19. The first-order chi connectivity index (χ1) is 13.8.